The van der Waals surface area contributed by atoms with E-state index in [1.54, 1.807) is 18.1 Å². The third-order valence-electron chi connectivity index (χ3n) is 2.55. The zero-order valence-electron chi connectivity index (χ0n) is 12.7. The molecule has 1 rings (SSSR count). The Morgan fingerprint density at radius 1 is 1.62 bits per heavy atom. The standard InChI is InChI=1S/C13H22BrClN4O2/c1-13(2,3)21-12(20)19(4)7-5-6-16-10-9(14)8-17-11(15)18-10/h8,10,16H,5-7H2,1-4H3,(H,17,18). The van der Waals surface area contributed by atoms with E-state index < -0.39 is 5.60 Å². The van der Waals surface area contributed by atoms with E-state index in [-0.39, 0.29) is 12.3 Å². The molecule has 120 valence electrons. The lowest BCUT2D eigenvalue weighted by Crippen LogP contribution is -2.37. The average molecular weight is 382 g/mol. The van der Waals surface area contributed by atoms with Crippen molar-refractivity contribution >= 4 is 38.9 Å². The Labute approximate surface area is 139 Å². The lowest BCUT2D eigenvalue weighted by atomic mass is 10.2. The van der Waals surface area contributed by atoms with E-state index in [4.69, 9.17) is 16.3 Å². The minimum absolute atomic E-state index is 0.189. The van der Waals surface area contributed by atoms with Gasteiger partial charge in [0, 0.05) is 19.8 Å². The molecule has 0 spiro atoms. The zero-order valence-corrected chi connectivity index (χ0v) is 15.1. The number of carbonyl (C=O) groups excluding carboxylic acids is 1. The summed E-state index contributed by atoms with van der Waals surface area (Å²) in [6, 6.07) is 0. The molecule has 2 N–H and O–H groups in total. The summed E-state index contributed by atoms with van der Waals surface area (Å²) in [5.74, 6) is 0. The van der Waals surface area contributed by atoms with Crippen molar-refractivity contribution in [3.63, 3.8) is 0 Å². The topological polar surface area (TPSA) is 66.0 Å². The summed E-state index contributed by atoms with van der Waals surface area (Å²) in [6.07, 6.45) is 2.03. The fourth-order valence-electron chi connectivity index (χ4n) is 1.55. The summed E-state index contributed by atoms with van der Waals surface area (Å²) in [5, 5.41) is 6.39. The molecule has 1 unspecified atom stereocenters. The monoisotopic (exact) mass is 380 g/mol. The van der Waals surface area contributed by atoms with Crippen molar-refractivity contribution in [2.24, 2.45) is 4.99 Å². The van der Waals surface area contributed by atoms with Crippen LogP contribution in [0.15, 0.2) is 15.7 Å². The van der Waals surface area contributed by atoms with Gasteiger partial charge in [-0.15, -0.1) is 0 Å². The van der Waals surface area contributed by atoms with Gasteiger partial charge in [-0.1, -0.05) is 15.9 Å². The maximum absolute atomic E-state index is 11.8. The van der Waals surface area contributed by atoms with Gasteiger partial charge in [0.25, 0.3) is 0 Å². The minimum Gasteiger partial charge on any atom is -0.444 e. The molecule has 1 atom stereocenters. The van der Waals surface area contributed by atoms with Crippen molar-refractivity contribution in [1.82, 2.24) is 15.5 Å². The highest BCUT2D eigenvalue weighted by molar-refractivity contribution is 9.11. The van der Waals surface area contributed by atoms with Crippen molar-refractivity contribution < 1.29 is 9.53 Å². The SMILES string of the molecule is CN(CCCNC1N=C(Cl)NC=C1Br)C(=O)OC(C)(C)C. The van der Waals surface area contributed by atoms with Crippen molar-refractivity contribution in [3.8, 4) is 0 Å². The summed E-state index contributed by atoms with van der Waals surface area (Å²) in [4.78, 5) is 17.5. The Balaban J connectivity index is 2.26. The largest absolute Gasteiger partial charge is 0.444 e. The summed E-state index contributed by atoms with van der Waals surface area (Å²) < 4.78 is 6.16. The van der Waals surface area contributed by atoms with Crippen LogP contribution in [0, 0.1) is 0 Å². The van der Waals surface area contributed by atoms with Gasteiger partial charge in [0.1, 0.15) is 11.8 Å². The van der Waals surface area contributed by atoms with E-state index in [9.17, 15) is 4.79 Å². The molecule has 1 aliphatic heterocycles. The molecule has 0 aromatic carbocycles. The highest BCUT2D eigenvalue weighted by Crippen LogP contribution is 2.15. The second-order valence-corrected chi connectivity index (χ2v) is 6.98. The van der Waals surface area contributed by atoms with E-state index in [1.807, 2.05) is 20.8 Å². The quantitative estimate of drug-likeness (QED) is 0.567. The molecule has 0 radical (unpaired) electrons. The maximum Gasteiger partial charge on any atom is 0.410 e. The predicted octanol–water partition coefficient (Wildman–Crippen LogP) is 2.59. The van der Waals surface area contributed by atoms with Crippen LogP contribution in [0.3, 0.4) is 0 Å². The number of amidine groups is 1. The molecular weight excluding hydrogens is 360 g/mol. The van der Waals surface area contributed by atoms with Crippen LogP contribution in [-0.4, -0.2) is 48.2 Å². The highest BCUT2D eigenvalue weighted by Gasteiger charge is 2.19. The maximum atomic E-state index is 11.8. The average Bonchev–Trinajstić information content (AvgIpc) is 2.36. The molecule has 8 heteroatoms. The number of carbonyl (C=O) groups is 1. The third kappa shape index (κ3) is 7.15. The van der Waals surface area contributed by atoms with E-state index in [1.165, 1.54) is 0 Å². The van der Waals surface area contributed by atoms with Gasteiger partial charge in [-0.3, -0.25) is 5.32 Å². The summed E-state index contributed by atoms with van der Waals surface area (Å²) >= 11 is 9.21. The van der Waals surface area contributed by atoms with Crippen LogP contribution in [-0.2, 0) is 4.74 Å². The van der Waals surface area contributed by atoms with Gasteiger partial charge in [-0.25, -0.2) is 9.79 Å². The van der Waals surface area contributed by atoms with Crippen LogP contribution in [0.2, 0.25) is 0 Å². The Kier molecular flexibility index (Phi) is 6.96. The number of ether oxygens (including phenoxy) is 1. The number of aliphatic imine (C=N–C) groups is 1. The molecule has 0 aromatic heterocycles. The van der Waals surface area contributed by atoms with Crippen molar-refractivity contribution in [3.05, 3.63) is 10.7 Å². The molecule has 0 fully saturated rings. The van der Waals surface area contributed by atoms with Gasteiger partial charge < -0.3 is 15.0 Å². The number of hydrogen-bond donors (Lipinski definition) is 2. The second kappa shape index (κ2) is 8.00. The van der Waals surface area contributed by atoms with Gasteiger partial charge in [-0.05, 0) is 45.3 Å². The van der Waals surface area contributed by atoms with Crippen molar-refractivity contribution in [2.45, 2.75) is 39.0 Å². The summed E-state index contributed by atoms with van der Waals surface area (Å²) in [5.41, 5.74) is -0.472. The van der Waals surface area contributed by atoms with E-state index in [0.717, 1.165) is 10.9 Å². The van der Waals surface area contributed by atoms with Crippen molar-refractivity contribution in [2.75, 3.05) is 20.1 Å². The number of amides is 1. The fraction of sp³-hybridized carbons (Fsp3) is 0.692. The predicted molar refractivity (Wildman–Crippen MR) is 88.7 cm³/mol. The van der Waals surface area contributed by atoms with Crippen LogP contribution >= 0.6 is 27.5 Å². The highest BCUT2D eigenvalue weighted by atomic mass is 79.9. The van der Waals surface area contributed by atoms with Crippen LogP contribution in [0.1, 0.15) is 27.2 Å². The van der Waals surface area contributed by atoms with E-state index in [2.05, 4.69) is 31.6 Å². The van der Waals surface area contributed by atoms with Crippen LogP contribution in [0.5, 0.6) is 0 Å². The Hall–Kier alpha value is -0.790. The number of hydrogen-bond acceptors (Lipinski definition) is 5. The molecule has 21 heavy (non-hydrogen) atoms. The van der Waals surface area contributed by atoms with Gasteiger partial charge >= 0.3 is 6.09 Å². The van der Waals surface area contributed by atoms with E-state index >= 15 is 0 Å². The number of rotatable bonds is 5. The molecule has 1 heterocycles. The number of halogens is 2. The molecule has 0 bridgehead atoms. The molecule has 0 saturated carbocycles. The first kappa shape index (κ1) is 18.3. The van der Waals surface area contributed by atoms with Gasteiger partial charge in [0.05, 0.1) is 4.48 Å². The van der Waals surface area contributed by atoms with Gasteiger partial charge in [0.15, 0.2) is 5.29 Å². The second-order valence-electron chi connectivity index (χ2n) is 5.71. The van der Waals surface area contributed by atoms with Gasteiger partial charge in [-0.2, -0.15) is 0 Å². The summed E-state index contributed by atoms with van der Waals surface area (Å²) in [6.45, 7) is 6.86. The Morgan fingerprint density at radius 2 is 2.29 bits per heavy atom. The molecular formula is C13H22BrClN4O2. The first-order chi connectivity index (χ1) is 9.69. The lowest BCUT2D eigenvalue weighted by molar-refractivity contribution is 0.0297. The number of nitrogens with one attached hydrogen (secondary N) is 2. The lowest BCUT2D eigenvalue weighted by Gasteiger charge is -2.25. The van der Waals surface area contributed by atoms with Crippen LogP contribution in [0.4, 0.5) is 4.79 Å². The van der Waals surface area contributed by atoms with Crippen molar-refractivity contribution in [1.29, 1.82) is 0 Å². The molecule has 6 nitrogen and oxygen atoms in total. The molecule has 0 saturated heterocycles. The Bertz CT molecular complexity index is 434. The first-order valence-electron chi connectivity index (χ1n) is 6.72. The molecule has 0 aliphatic carbocycles. The number of nitrogens with zero attached hydrogens (tertiary/aromatic N) is 2. The molecule has 1 aliphatic rings. The third-order valence-corrected chi connectivity index (χ3v) is 3.42. The Morgan fingerprint density at radius 3 is 2.90 bits per heavy atom. The van der Waals surface area contributed by atoms with Crippen LogP contribution in [0.25, 0.3) is 0 Å². The normalized spacial score (nSPS) is 18.5. The molecule has 0 aromatic rings. The fourth-order valence-corrected chi connectivity index (χ4v) is 2.08. The first-order valence-corrected chi connectivity index (χ1v) is 7.89. The zero-order chi connectivity index (χ0) is 16.0. The smallest absolute Gasteiger partial charge is 0.410 e. The van der Waals surface area contributed by atoms with Crippen LogP contribution < -0.4 is 10.6 Å². The van der Waals surface area contributed by atoms with E-state index in [0.29, 0.717) is 18.4 Å². The molecule has 1 amide bonds. The van der Waals surface area contributed by atoms with Gasteiger partial charge in [0.2, 0.25) is 0 Å². The summed E-state index contributed by atoms with van der Waals surface area (Å²) in [7, 11) is 1.73. The minimum atomic E-state index is -0.472.